The molecule has 0 amide bonds. The lowest BCUT2D eigenvalue weighted by molar-refractivity contribution is 1.10. The first kappa shape index (κ1) is 12.9. The van der Waals surface area contributed by atoms with Gasteiger partial charge in [-0.2, -0.15) is 0 Å². The second-order valence-corrected chi connectivity index (χ2v) is 5.46. The van der Waals surface area contributed by atoms with Crippen LogP contribution in [0, 0.1) is 0 Å². The third kappa shape index (κ3) is 2.11. The molecule has 0 fully saturated rings. The number of rotatable bonds is 2. The predicted octanol–water partition coefficient (Wildman–Crippen LogP) is 2.95. The van der Waals surface area contributed by atoms with Crippen LogP contribution in [0.15, 0.2) is 78.9 Å². The first-order valence-electron chi connectivity index (χ1n) is 7.43. The highest BCUT2D eigenvalue weighted by atomic mass is 15.1. The number of para-hydroxylation sites is 2. The number of aromatic nitrogens is 2. The summed E-state index contributed by atoms with van der Waals surface area (Å²) in [6, 6.07) is 27.2. The summed E-state index contributed by atoms with van der Waals surface area (Å²) in [7, 11) is 2.11. The molecule has 104 valence electrons. The SMILES string of the molecule is Bc1ccc(-n2c(-c3ccccc3)nc3ccccc32)cc1. The molecule has 0 aliphatic heterocycles. The van der Waals surface area contributed by atoms with Crippen molar-refractivity contribution in [2.75, 3.05) is 0 Å². The lowest BCUT2D eigenvalue weighted by Gasteiger charge is -2.10. The Kier molecular flexibility index (Phi) is 3.04. The lowest BCUT2D eigenvalue weighted by Crippen LogP contribution is -2.03. The highest BCUT2D eigenvalue weighted by molar-refractivity contribution is 6.32. The Balaban J connectivity index is 2.04. The lowest BCUT2D eigenvalue weighted by atomic mass is 9.96. The molecule has 3 aromatic carbocycles. The van der Waals surface area contributed by atoms with Crippen LogP contribution < -0.4 is 5.46 Å². The van der Waals surface area contributed by atoms with E-state index in [1.165, 1.54) is 5.46 Å². The normalized spacial score (nSPS) is 10.9. The van der Waals surface area contributed by atoms with Gasteiger partial charge in [-0.1, -0.05) is 60.1 Å². The van der Waals surface area contributed by atoms with Crippen LogP contribution in [0.4, 0.5) is 0 Å². The highest BCUT2D eigenvalue weighted by Gasteiger charge is 2.13. The predicted molar refractivity (Wildman–Crippen MR) is 94.7 cm³/mol. The summed E-state index contributed by atoms with van der Waals surface area (Å²) in [5, 5.41) is 0. The fourth-order valence-electron chi connectivity index (χ4n) is 2.76. The van der Waals surface area contributed by atoms with Gasteiger partial charge in [0.15, 0.2) is 0 Å². The van der Waals surface area contributed by atoms with Crippen molar-refractivity contribution < 1.29 is 0 Å². The molecule has 22 heavy (non-hydrogen) atoms. The zero-order valence-corrected chi connectivity index (χ0v) is 12.4. The molecule has 0 bridgehead atoms. The third-order valence-corrected chi connectivity index (χ3v) is 3.88. The quantitative estimate of drug-likeness (QED) is 0.517. The molecule has 0 N–H and O–H groups in total. The Morgan fingerprint density at radius 2 is 1.41 bits per heavy atom. The van der Waals surface area contributed by atoms with Gasteiger partial charge in [-0.25, -0.2) is 4.98 Å². The molecule has 1 heterocycles. The van der Waals surface area contributed by atoms with E-state index in [-0.39, 0.29) is 0 Å². The van der Waals surface area contributed by atoms with Crippen LogP contribution in [0.3, 0.4) is 0 Å². The second-order valence-electron chi connectivity index (χ2n) is 5.46. The van der Waals surface area contributed by atoms with E-state index >= 15 is 0 Å². The molecule has 1 aromatic heterocycles. The van der Waals surface area contributed by atoms with Crippen LogP contribution in [0.5, 0.6) is 0 Å². The van der Waals surface area contributed by atoms with Gasteiger partial charge >= 0.3 is 0 Å². The number of hydrogen-bond donors (Lipinski definition) is 0. The molecule has 0 atom stereocenters. The Morgan fingerprint density at radius 3 is 2.18 bits per heavy atom. The highest BCUT2D eigenvalue weighted by Crippen LogP contribution is 2.28. The molecule has 0 radical (unpaired) electrons. The van der Waals surface area contributed by atoms with Gasteiger partial charge in [0.1, 0.15) is 13.7 Å². The monoisotopic (exact) mass is 282 g/mol. The van der Waals surface area contributed by atoms with Gasteiger partial charge in [-0.3, -0.25) is 4.57 Å². The molecule has 0 saturated carbocycles. The van der Waals surface area contributed by atoms with E-state index in [1.807, 2.05) is 24.3 Å². The topological polar surface area (TPSA) is 17.8 Å². The van der Waals surface area contributed by atoms with Crippen molar-refractivity contribution in [2.24, 2.45) is 0 Å². The zero-order valence-electron chi connectivity index (χ0n) is 12.4. The summed E-state index contributed by atoms with van der Waals surface area (Å²) in [5.74, 6) is 0.977. The molecule has 0 unspecified atom stereocenters. The molecule has 0 saturated heterocycles. The van der Waals surface area contributed by atoms with Gasteiger partial charge in [0.05, 0.1) is 11.0 Å². The molecule has 0 aliphatic rings. The molecular weight excluding hydrogens is 267 g/mol. The summed E-state index contributed by atoms with van der Waals surface area (Å²) in [5.41, 5.74) is 5.67. The fraction of sp³-hybridized carbons (Fsp3) is 0. The third-order valence-electron chi connectivity index (χ3n) is 3.88. The van der Waals surface area contributed by atoms with Crippen molar-refractivity contribution in [3.05, 3.63) is 78.9 Å². The van der Waals surface area contributed by atoms with E-state index in [4.69, 9.17) is 4.98 Å². The second kappa shape index (κ2) is 5.19. The number of nitrogens with zero attached hydrogens (tertiary/aromatic N) is 2. The van der Waals surface area contributed by atoms with Gasteiger partial charge in [-0.05, 0) is 24.3 Å². The Hall–Kier alpha value is -2.81. The van der Waals surface area contributed by atoms with E-state index < -0.39 is 0 Å². The fourth-order valence-corrected chi connectivity index (χ4v) is 2.76. The molecular formula is C19H15BN2. The first-order valence-corrected chi connectivity index (χ1v) is 7.43. The van der Waals surface area contributed by atoms with Gasteiger partial charge < -0.3 is 0 Å². The van der Waals surface area contributed by atoms with Crippen molar-refractivity contribution in [3.63, 3.8) is 0 Å². The van der Waals surface area contributed by atoms with Crippen LogP contribution in [0.1, 0.15) is 0 Å². The maximum atomic E-state index is 4.84. The van der Waals surface area contributed by atoms with Gasteiger partial charge in [0.25, 0.3) is 0 Å². The van der Waals surface area contributed by atoms with Gasteiger partial charge in [0.2, 0.25) is 0 Å². The average Bonchev–Trinajstić information content (AvgIpc) is 2.96. The number of benzene rings is 3. The molecule has 3 heteroatoms. The van der Waals surface area contributed by atoms with Crippen molar-refractivity contribution in [1.82, 2.24) is 9.55 Å². The average molecular weight is 282 g/mol. The molecule has 4 rings (SSSR count). The standard InChI is InChI=1S/C19H15BN2/c20-15-10-12-16(13-11-15)22-18-9-5-4-8-17(18)21-19(22)14-6-2-1-3-7-14/h1-13H,20H2. The molecule has 2 nitrogen and oxygen atoms in total. The van der Waals surface area contributed by atoms with Crippen LogP contribution in [-0.2, 0) is 0 Å². The number of hydrogen-bond acceptors (Lipinski definition) is 1. The van der Waals surface area contributed by atoms with Crippen molar-refractivity contribution >= 4 is 24.3 Å². The minimum Gasteiger partial charge on any atom is -0.292 e. The minimum atomic E-state index is 0.977. The maximum Gasteiger partial charge on any atom is 0.145 e. The first-order chi connectivity index (χ1) is 10.8. The van der Waals surface area contributed by atoms with Crippen LogP contribution in [-0.4, -0.2) is 17.4 Å². The number of imidazole rings is 1. The van der Waals surface area contributed by atoms with Crippen LogP contribution >= 0.6 is 0 Å². The summed E-state index contributed by atoms with van der Waals surface area (Å²) < 4.78 is 2.23. The molecule has 0 aliphatic carbocycles. The largest absolute Gasteiger partial charge is 0.292 e. The van der Waals surface area contributed by atoms with E-state index in [0.29, 0.717) is 0 Å². The van der Waals surface area contributed by atoms with Crippen LogP contribution in [0.2, 0.25) is 0 Å². The van der Waals surface area contributed by atoms with E-state index in [0.717, 1.165) is 28.1 Å². The molecule has 0 spiro atoms. The molecule has 4 aromatic rings. The van der Waals surface area contributed by atoms with Gasteiger partial charge in [0, 0.05) is 11.3 Å². The number of fused-ring (bicyclic) bond motifs is 1. The van der Waals surface area contributed by atoms with Crippen LogP contribution in [0.25, 0.3) is 28.1 Å². The Labute approximate surface area is 130 Å². The van der Waals surface area contributed by atoms with Crippen molar-refractivity contribution in [2.45, 2.75) is 0 Å². The maximum absolute atomic E-state index is 4.84. The smallest absolute Gasteiger partial charge is 0.145 e. The van der Waals surface area contributed by atoms with Crippen molar-refractivity contribution in [1.29, 1.82) is 0 Å². The summed E-state index contributed by atoms with van der Waals surface area (Å²) in [4.78, 5) is 4.84. The van der Waals surface area contributed by atoms with Crippen molar-refractivity contribution in [3.8, 4) is 17.1 Å². The minimum absolute atomic E-state index is 0.977. The van der Waals surface area contributed by atoms with Gasteiger partial charge in [-0.15, -0.1) is 0 Å². The Bertz CT molecular complexity index is 925. The van der Waals surface area contributed by atoms with E-state index in [9.17, 15) is 0 Å². The summed E-state index contributed by atoms with van der Waals surface area (Å²) in [6.07, 6.45) is 0. The van der Waals surface area contributed by atoms with E-state index in [1.54, 1.807) is 0 Å². The summed E-state index contributed by atoms with van der Waals surface area (Å²) >= 11 is 0. The zero-order chi connectivity index (χ0) is 14.9. The summed E-state index contributed by atoms with van der Waals surface area (Å²) in [6.45, 7) is 0. The van der Waals surface area contributed by atoms with E-state index in [2.05, 4.69) is 67.0 Å². The Morgan fingerprint density at radius 1 is 0.727 bits per heavy atom.